The number of aromatic nitrogens is 2. The van der Waals surface area contributed by atoms with Crippen molar-refractivity contribution >= 4 is 141 Å². The van der Waals surface area contributed by atoms with Crippen molar-refractivity contribution in [1.29, 1.82) is 0 Å². The van der Waals surface area contributed by atoms with E-state index in [1.807, 2.05) is 0 Å². The summed E-state index contributed by atoms with van der Waals surface area (Å²) in [6.45, 7) is 0. The SMILES string of the molecule is c1cc(-c2ccc3c4ccccc4c4ccccc4c3c2)c2c(c1)-c1cccc(-n3c4ccccc4c4ccccc43)c1C2.c1cc(-c2cccc(-n3c4ccccc4c4ccccc43)c2)cc(-c2ccc3c4ccccc4c4ccccc4c3c2)c1.c1ccc(-c2ccc(-c3cccc4c3Cc3c(-c5cccc(-c6ccc7c8ccccc8c8ccccc8c7c6)c5)cccc3-4)cc2)cc1. The molecule has 2 heterocycles. The third-order valence-corrected chi connectivity index (χ3v) is 29.4. The first-order valence-electron chi connectivity index (χ1n) is 47.4. The van der Waals surface area contributed by atoms with Crippen LogP contribution in [0, 0.1) is 0 Å². The van der Waals surface area contributed by atoms with Gasteiger partial charge in [-0.15, -0.1) is 0 Å². The fourth-order valence-corrected chi connectivity index (χ4v) is 23.2. The van der Waals surface area contributed by atoms with Crippen molar-refractivity contribution in [2.24, 2.45) is 0 Å². The van der Waals surface area contributed by atoms with Gasteiger partial charge in [0.25, 0.3) is 0 Å². The van der Waals surface area contributed by atoms with Crippen LogP contribution >= 0.6 is 0 Å². The van der Waals surface area contributed by atoms with E-state index >= 15 is 0 Å². The summed E-state index contributed by atoms with van der Waals surface area (Å²) in [6, 6.07) is 183. The van der Waals surface area contributed by atoms with Gasteiger partial charge in [0.05, 0.1) is 27.8 Å². The summed E-state index contributed by atoms with van der Waals surface area (Å²) in [5.74, 6) is 0. The second-order valence-electron chi connectivity index (χ2n) is 36.6. The minimum Gasteiger partial charge on any atom is -0.309 e. The van der Waals surface area contributed by atoms with E-state index in [2.05, 4.69) is 507 Å². The lowest BCUT2D eigenvalue weighted by Gasteiger charge is -2.14. The van der Waals surface area contributed by atoms with E-state index in [4.69, 9.17) is 0 Å². The highest BCUT2D eigenvalue weighted by atomic mass is 15.0. The van der Waals surface area contributed by atoms with Gasteiger partial charge in [-0.3, -0.25) is 0 Å². The zero-order valence-electron chi connectivity index (χ0n) is 74.7. The van der Waals surface area contributed by atoms with Crippen LogP contribution in [-0.2, 0) is 12.8 Å². The summed E-state index contributed by atoms with van der Waals surface area (Å²) in [7, 11) is 0. The minimum atomic E-state index is 0.911. The Balaban J connectivity index is 0.000000104. The van der Waals surface area contributed by atoms with E-state index in [1.165, 1.54) is 274 Å². The second-order valence-corrected chi connectivity index (χ2v) is 36.6. The lowest BCUT2D eigenvalue weighted by atomic mass is 9.90. The van der Waals surface area contributed by atoms with Crippen molar-refractivity contribution in [3.05, 3.63) is 520 Å². The lowest BCUT2D eigenvalue weighted by molar-refractivity contribution is 1.12. The molecule has 2 aromatic heterocycles. The highest BCUT2D eigenvalue weighted by Crippen LogP contribution is 2.51. The van der Waals surface area contributed by atoms with Gasteiger partial charge in [-0.05, 0) is 299 Å². The Morgan fingerprint density at radius 3 is 0.750 bits per heavy atom. The molecule has 0 radical (unpaired) electrons. The maximum atomic E-state index is 2.47. The van der Waals surface area contributed by atoms with Crippen molar-refractivity contribution in [1.82, 2.24) is 9.13 Å². The molecule has 27 aromatic rings. The number of hydrogen-bond donors (Lipinski definition) is 0. The summed E-state index contributed by atoms with van der Waals surface area (Å²) >= 11 is 0. The number of para-hydroxylation sites is 4. The molecule has 2 aliphatic rings. The Labute approximate surface area is 788 Å². The van der Waals surface area contributed by atoms with E-state index in [9.17, 15) is 0 Å². The van der Waals surface area contributed by atoms with Gasteiger partial charge < -0.3 is 9.13 Å². The molecule has 0 fully saturated rings. The van der Waals surface area contributed by atoms with Crippen LogP contribution < -0.4 is 0 Å². The summed E-state index contributed by atoms with van der Waals surface area (Å²) in [4.78, 5) is 0. The van der Waals surface area contributed by atoms with Crippen LogP contribution in [-0.4, -0.2) is 9.13 Å². The molecular weight excluding hydrogens is 1640 g/mol. The highest BCUT2D eigenvalue weighted by molar-refractivity contribution is 6.29. The quantitative estimate of drug-likeness (QED) is 0.128. The number of benzene rings is 25. The van der Waals surface area contributed by atoms with Gasteiger partial charge in [-0.25, -0.2) is 0 Å². The van der Waals surface area contributed by atoms with Crippen LogP contribution in [0.1, 0.15) is 22.3 Å². The monoisotopic (exact) mass is 1720 g/mol. The third-order valence-electron chi connectivity index (χ3n) is 29.4. The van der Waals surface area contributed by atoms with Crippen LogP contribution in [0.3, 0.4) is 0 Å². The predicted molar refractivity (Wildman–Crippen MR) is 580 cm³/mol. The highest BCUT2D eigenvalue weighted by Gasteiger charge is 2.29. The maximum Gasteiger partial charge on any atom is 0.0541 e. The Hall–Kier alpha value is -17.6. The molecule has 29 rings (SSSR count). The first-order chi connectivity index (χ1) is 67.5. The smallest absolute Gasteiger partial charge is 0.0541 e. The summed E-state index contributed by atoms with van der Waals surface area (Å²) in [5, 5.41) is 28.7. The molecule has 0 atom stereocenters. The van der Waals surface area contributed by atoms with Crippen LogP contribution in [0.4, 0.5) is 0 Å². The molecule has 2 heteroatoms. The molecule has 632 valence electrons. The van der Waals surface area contributed by atoms with Crippen molar-refractivity contribution in [2.45, 2.75) is 12.8 Å². The molecule has 0 N–H and O–H groups in total. The maximum absolute atomic E-state index is 2.47. The molecule has 0 spiro atoms. The lowest BCUT2D eigenvalue weighted by Crippen LogP contribution is -1.99. The zero-order valence-corrected chi connectivity index (χ0v) is 74.7. The Bertz CT molecular complexity index is 9400. The average molecular weight is 1720 g/mol. The Morgan fingerprint density at radius 2 is 0.346 bits per heavy atom. The van der Waals surface area contributed by atoms with Gasteiger partial charge in [-0.1, -0.05) is 425 Å². The van der Waals surface area contributed by atoms with Gasteiger partial charge in [0.2, 0.25) is 0 Å². The fraction of sp³-hybridized carbons (Fsp3) is 0.0149. The number of nitrogens with zero attached hydrogens (tertiary/aromatic N) is 2. The Kier molecular flexibility index (Phi) is 18.5. The van der Waals surface area contributed by atoms with E-state index in [0.29, 0.717) is 0 Å². The minimum absolute atomic E-state index is 0.911. The van der Waals surface area contributed by atoms with Crippen molar-refractivity contribution in [2.75, 3.05) is 0 Å². The van der Waals surface area contributed by atoms with Crippen LogP contribution in [0.2, 0.25) is 0 Å². The van der Waals surface area contributed by atoms with Crippen LogP contribution in [0.5, 0.6) is 0 Å². The summed E-state index contributed by atoms with van der Waals surface area (Å²) in [5.41, 5.74) is 36.1. The molecule has 0 bridgehead atoms. The molecule has 0 saturated heterocycles. The van der Waals surface area contributed by atoms with Gasteiger partial charge in [0, 0.05) is 33.7 Å². The van der Waals surface area contributed by atoms with Gasteiger partial charge in [0.1, 0.15) is 0 Å². The van der Waals surface area contributed by atoms with E-state index in [-0.39, 0.29) is 0 Å². The normalized spacial score (nSPS) is 12.1. The van der Waals surface area contributed by atoms with E-state index in [1.54, 1.807) is 0 Å². The molecule has 0 saturated carbocycles. The molecule has 2 aliphatic carbocycles. The van der Waals surface area contributed by atoms with Crippen LogP contribution in [0.15, 0.2) is 497 Å². The number of fused-ring (bicyclic) bond motifs is 30. The third kappa shape index (κ3) is 12.9. The molecule has 0 unspecified atom stereocenters. The Morgan fingerprint density at radius 1 is 0.118 bits per heavy atom. The molecule has 0 aliphatic heterocycles. The zero-order chi connectivity index (χ0) is 89.4. The van der Waals surface area contributed by atoms with Crippen molar-refractivity contribution in [3.8, 4) is 112 Å². The molecule has 2 nitrogen and oxygen atoms in total. The molecule has 25 aromatic carbocycles. The second kappa shape index (κ2) is 32.2. The largest absolute Gasteiger partial charge is 0.309 e. The molecule has 136 heavy (non-hydrogen) atoms. The number of rotatable bonds is 9. The first kappa shape index (κ1) is 78.3. The van der Waals surface area contributed by atoms with E-state index in [0.717, 1.165) is 12.8 Å². The summed E-state index contributed by atoms with van der Waals surface area (Å²) < 4.78 is 4.86. The topological polar surface area (TPSA) is 9.86 Å². The summed E-state index contributed by atoms with van der Waals surface area (Å²) in [6.07, 6.45) is 1.84. The van der Waals surface area contributed by atoms with Crippen molar-refractivity contribution in [3.63, 3.8) is 0 Å². The number of hydrogen-bond acceptors (Lipinski definition) is 0. The van der Waals surface area contributed by atoms with Crippen LogP contribution in [0.25, 0.3) is 252 Å². The average Bonchev–Trinajstić information content (AvgIpc) is 1.50. The standard InChI is InChI=1S/C49H32.C43H27N.C42H27N/c1-2-11-32(12-3-1)33-23-25-34(26-24-33)38-19-9-21-44-45-22-10-20-39(49(45)31-48(38)44)37-14-8-13-35(29-37)36-27-28-46-42-17-5-4-15-40(42)41-16-6-7-18-43(41)47(46)30-36;1-2-13-31-29(11-1)30-12-3-4-14-32(30)38-25-27(23-24-35(31)38)28-17-9-18-33-34-19-10-22-43(40(34)26-39(28)33)44-41-20-7-5-15-36(41)37-16-6-8-21-42(37)44;1-2-17-35-33(15-1)34-16-3-4-18-36(34)40-27-31(23-24-37(35)40)29-12-9-11-28(25-29)30-13-10-14-32(26-30)43-41-21-7-5-19-38(41)39-20-6-8-22-42(39)43/h1-30H,31H2;1-25H,26H2;1-27H. The van der Waals surface area contributed by atoms with E-state index < -0.39 is 0 Å². The first-order valence-corrected chi connectivity index (χ1v) is 47.4. The molecular formula is C134H86N2. The fourth-order valence-electron chi connectivity index (χ4n) is 23.2. The van der Waals surface area contributed by atoms with Gasteiger partial charge in [-0.2, -0.15) is 0 Å². The molecule has 0 amide bonds. The van der Waals surface area contributed by atoms with Gasteiger partial charge >= 0.3 is 0 Å². The van der Waals surface area contributed by atoms with Gasteiger partial charge in [0.15, 0.2) is 0 Å². The van der Waals surface area contributed by atoms with Crippen molar-refractivity contribution < 1.29 is 0 Å². The predicted octanol–water partition coefficient (Wildman–Crippen LogP) is 36.4.